The van der Waals surface area contributed by atoms with Crippen molar-refractivity contribution in [1.29, 1.82) is 0 Å². The fraction of sp³-hybridized carbons (Fsp3) is 0.692. The molecule has 19 heavy (non-hydrogen) atoms. The molecule has 106 valence electrons. The predicted molar refractivity (Wildman–Crippen MR) is 79.4 cm³/mol. The summed E-state index contributed by atoms with van der Waals surface area (Å²) in [6.07, 6.45) is 1.81. The number of thioether (sulfide) groups is 1. The van der Waals surface area contributed by atoms with Gasteiger partial charge in [-0.25, -0.2) is 0 Å². The Kier molecular flexibility index (Phi) is 4.08. The highest BCUT2D eigenvalue weighted by molar-refractivity contribution is 8.00. The Morgan fingerprint density at radius 2 is 2.32 bits per heavy atom. The van der Waals surface area contributed by atoms with E-state index < -0.39 is 0 Å². The number of amides is 1. The van der Waals surface area contributed by atoms with E-state index in [4.69, 9.17) is 5.73 Å². The van der Waals surface area contributed by atoms with Gasteiger partial charge in [0.15, 0.2) is 5.69 Å². The fourth-order valence-corrected chi connectivity index (χ4v) is 3.44. The van der Waals surface area contributed by atoms with Crippen LogP contribution in [-0.2, 0) is 6.42 Å². The molecule has 1 amide bonds. The molecular weight excluding hydrogens is 260 g/mol. The monoisotopic (exact) mass is 282 g/mol. The van der Waals surface area contributed by atoms with Gasteiger partial charge in [-0.3, -0.25) is 9.89 Å². The molecule has 3 N–H and O–H groups in total. The summed E-state index contributed by atoms with van der Waals surface area (Å²) >= 11 is 1.90. The van der Waals surface area contributed by atoms with Crippen molar-refractivity contribution >= 4 is 23.4 Å². The first-order valence-corrected chi connectivity index (χ1v) is 7.69. The lowest BCUT2D eigenvalue weighted by molar-refractivity contribution is 0.0743. The maximum atomic E-state index is 12.5. The number of aromatic amines is 1. The molecule has 1 aromatic heterocycles. The Labute approximate surface area is 118 Å². The predicted octanol–water partition coefficient (Wildman–Crippen LogP) is 1.91. The molecule has 6 heteroatoms. The number of nitrogens with one attached hydrogen (secondary N) is 1. The first-order valence-electron chi connectivity index (χ1n) is 6.70. The van der Waals surface area contributed by atoms with Crippen LogP contribution in [0.25, 0.3) is 0 Å². The maximum absolute atomic E-state index is 12.5. The van der Waals surface area contributed by atoms with Crippen molar-refractivity contribution in [2.45, 2.75) is 38.4 Å². The Morgan fingerprint density at radius 1 is 1.58 bits per heavy atom. The van der Waals surface area contributed by atoms with E-state index in [1.165, 1.54) is 0 Å². The second kappa shape index (κ2) is 5.45. The smallest absolute Gasteiger partial charge is 0.276 e. The summed E-state index contributed by atoms with van der Waals surface area (Å²) in [5.41, 5.74) is 7.79. The average Bonchev–Trinajstić information content (AvgIpc) is 2.70. The number of carbonyl (C=O) groups is 1. The van der Waals surface area contributed by atoms with E-state index in [1.54, 1.807) is 0 Å². The number of nitrogens with zero attached hydrogens (tertiary/aromatic N) is 2. The van der Waals surface area contributed by atoms with Crippen molar-refractivity contribution < 1.29 is 4.79 Å². The number of aryl methyl sites for hydroxylation is 1. The number of anilines is 1. The molecule has 1 aliphatic rings. The zero-order valence-corrected chi connectivity index (χ0v) is 12.6. The van der Waals surface area contributed by atoms with Crippen LogP contribution in [0.5, 0.6) is 0 Å². The third-order valence-electron chi connectivity index (χ3n) is 3.30. The highest BCUT2D eigenvalue weighted by atomic mass is 32.2. The summed E-state index contributed by atoms with van der Waals surface area (Å²) < 4.78 is 0.102. The van der Waals surface area contributed by atoms with Crippen molar-refractivity contribution in [1.82, 2.24) is 15.1 Å². The zero-order valence-electron chi connectivity index (χ0n) is 11.8. The first kappa shape index (κ1) is 14.2. The van der Waals surface area contributed by atoms with Gasteiger partial charge in [-0.15, -0.1) is 0 Å². The molecule has 0 radical (unpaired) electrons. The molecule has 0 aliphatic carbocycles. The van der Waals surface area contributed by atoms with Gasteiger partial charge in [-0.2, -0.15) is 16.9 Å². The summed E-state index contributed by atoms with van der Waals surface area (Å²) in [6.45, 7) is 7.90. The minimum absolute atomic E-state index is 0.0514. The van der Waals surface area contributed by atoms with Gasteiger partial charge in [0.1, 0.15) is 0 Å². The van der Waals surface area contributed by atoms with E-state index in [2.05, 4.69) is 31.0 Å². The molecule has 0 atom stereocenters. The van der Waals surface area contributed by atoms with Crippen LogP contribution in [0, 0.1) is 0 Å². The number of hydrogen-bond acceptors (Lipinski definition) is 4. The average molecular weight is 282 g/mol. The minimum Gasteiger partial charge on any atom is -0.395 e. The Bertz CT molecular complexity index is 469. The van der Waals surface area contributed by atoms with Crippen molar-refractivity contribution in [2.75, 3.05) is 24.6 Å². The van der Waals surface area contributed by atoms with Gasteiger partial charge in [-0.1, -0.05) is 13.3 Å². The SMILES string of the molecule is CCCc1[nH]nc(C(=O)N2CCSC(C)(C)C2)c1N. The van der Waals surface area contributed by atoms with Crippen molar-refractivity contribution in [3.63, 3.8) is 0 Å². The molecular formula is C13H22N4OS. The van der Waals surface area contributed by atoms with Crippen LogP contribution in [-0.4, -0.2) is 44.6 Å². The first-order chi connectivity index (χ1) is 8.94. The van der Waals surface area contributed by atoms with Crippen LogP contribution in [0.2, 0.25) is 0 Å². The summed E-state index contributed by atoms with van der Waals surface area (Å²) in [5, 5.41) is 7.00. The van der Waals surface area contributed by atoms with Crippen LogP contribution in [0.3, 0.4) is 0 Å². The highest BCUT2D eigenvalue weighted by Crippen LogP contribution is 2.30. The normalized spacial score (nSPS) is 18.6. The maximum Gasteiger partial charge on any atom is 0.276 e. The van der Waals surface area contributed by atoms with Crippen molar-refractivity contribution in [3.8, 4) is 0 Å². The third-order valence-corrected chi connectivity index (χ3v) is 4.60. The van der Waals surface area contributed by atoms with Crippen LogP contribution >= 0.6 is 11.8 Å². The Balaban J connectivity index is 2.15. The largest absolute Gasteiger partial charge is 0.395 e. The second-order valence-corrected chi connectivity index (χ2v) is 7.35. The number of hydrogen-bond donors (Lipinski definition) is 2. The van der Waals surface area contributed by atoms with Gasteiger partial charge >= 0.3 is 0 Å². The summed E-state index contributed by atoms with van der Waals surface area (Å²) in [6, 6.07) is 0. The summed E-state index contributed by atoms with van der Waals surface area (Å²) in [5.74, 6) is 0.912. The molecule has 0 spiro atoms. The third kappa shape index (κ3) is 3.05. The van der Waals surface area contributed by atoms with Gasteiger partial charge in [0.25, 0.3) is 5.91 Å². The van der Waals surface area contributed by atoms with E-state index >= 15 is 0 Å². The highest BCUT2D eigenvalue weighted by Gasteiger charge is 2.32. The lowest BCUT2D eigenvalue weighted by Gasteiger charge is -2.37. The van der Waals surface area contributed by atoms with E-state index in [0.717, 1.165) is 37.4 Å². The van der Waals surface area contributed by atoms with Gasteiger partial charge in [0, 0.05) is 23.6 Å². The number of nitrogens with two attached hydrogens (primary N) is 1. The number of carbonyl (C=O) groups excluding carboxylic acids is 1. The van der Waals surface area contributed by atoms with Crippen molar-refractivity contribution in [3.05, 3.63) is 11.4 Å². The molecule has 2 rings (SSSR count). The quantitative estimate of drug-likeness (QED) is 0.888. The molecule has 0 unspecified atom stereocenters. The zero-order chi connectivity index (χ0) is 14.0. The van der Waals surface area contributed by atoms with Gasteiger partial charge in [-0.05, 0) is 20.3 Å². The summed E-state index contributed by atoms with van der Waals surface area (Å²) in [7, 11) is 0. The molecule has 2 heterocycles. The van der Waals surface area contributed by atoms with Crippen LogP contribution in [0.1, 0.15) is 43.4 Å². The molecule has 1 aliphatic heterocycles. The Hall–Kier alpha value is -1.17. The molecule has 0 bridgehead atoms. The number of nitrogen functional groups attached to an aromatic ring is 1. The van der Waals surface area contributed by atoms with Gasteiger partial charge in [0.05, 0.1) is 11.4 Å². The minimum atomic E-state index is -0.0514. The standard InChI is InChI=1S/C13H22N4OS/c1-4-5-9-10(14)11(16-15-9)12(18)17-6-7-19-13(2,3)8-17/h4-8,14H2,1-3H3,(H,15,16). The van der Waals surface area contributed by atoms with E-state index in [0.29, 0.717) is 11.4 Å². The number of aromatic nitrogens is 2. The Morgan fingerprint density at radius 3 is 2.95 bits per heavy atom. The molecule has 5 nitrogen and oxygen atoms in total. The number of rotatable bonds is 3. The van der Waals surface area contributed by atoms with Crippen LogP contribution < -0.4 is 5.73 Å². The van der Waals surface area contributed by atoms with Gasteiger partial charge < -0.3 is 10.6 Å². The van der Waals surface area contributed by atoms with E-state index in [9.17, 15) is 4.79 Å². The lowest BCUT2D eigenvalue weighted by Crippen LogP contribution is -2.46. The molecule has 1 aromatic rings. The topological polar surface area (TPSA) is 75.0 Å². The molecule has 1 fully saturated rings. The van der Waals surface area contributed by atoms with Gasteiger partial charge in [0.2, 0.25) is 0 Å². The lowest BCUT2D eigenvalue weighted by atomic mass is 10.1. The molecule has 0 aromatic carbocycles. The fourth-order valence-electron chi connectivity index (χ4n) is 2.33. The molecule has 1 saturated heterocycles. The van der Waals surface area contributed by atoms with Crippen LogP contribution in [0.4, 0.5) is 5.69 Å². The summed E-state index contributed by atoms with van der Waals surface area (Å²) in [4.78, 5) is 14.3. The number of H-pyrrole nitrogens is 1. The van der Waals surface area contributed by atoms with E-state index in [1.807, 2.05) is 16.7 Å². The molecule has 0 saturated carbocycles. The van der Waals surface area contributed by atoms with Crippen molar-refractivity contribution in [2.24, 2.45) is 0 Å². The van der Waals surface area contributed by atoms with Crippen LogP contribution in [0.15, 0.2) is 0 Å². The van der Waals surface area contributed by atoms with E-state index in [-0.39, 0.29) is 10.7 Å². The second-order valence-electron chi connectivity index (χ2n) is 5.55.